The van der Waals surface area contributed by atoms with E-state index in [9.17, 15) is 9.59 Å². The van der Waals surface area contributed by atoms with Crippen molar-refractivity contribution in [2.45, 2.75) is 45.1 Å². The van der Waals surface area contributed by atoms with Crippen molar-refractivity contribution in [3.05, 3.63) is 54.1 Å². The molecule has 5 atom stereocenters. The van der Waals surface area contributed by atoms with Crippen LogP contribution in [0.2, 0.25) is 0 Å². The van der Waals surface area contributed by atoms with Crippen molar-refractivity contribution in [3.8, 4) is 11.5 Å². The van der Waals surface area contributed by atoms with E-state index in [-0.39, 0.29) is 47.1 Å². The van der Waals surface area contributed by atoms with Gasteiger partial charge in [0, 0.05) is 11.6 Å². The standard InChI is InChI=1S/C25H27NO4/c1-25(2,3)15-4-8-17(9-5-15)29-18-10-6-16(7-11-18)26-23(27)21-14-12-19-20(13-14)30-24(28)22(19)21/h4-11,14,19-22H,12-13H2,1-3H3,(H,26,27)/t14-,19+,20-,21-,22+/m1/s1. The van der Waals surface area contributed by atoms with Crippen LogP contribution in [0.5, 0.6) is 11.5 Å². The Labute approximate surface area is 176 Å². The molecule has 0 aromatic heterocycles. The van der Waals surface area contributed by atoms with E-state index in [1.165, 1.54) is 5.56 Å². The first-order valence-corrected chi connectivity index (χ1v) is 10.7. The lowest BCUT2D eigenvalue weighted by Crippen LogP contribution is -2.35. The van der Waals surface area contributed by atoms with Crippen LogP contribution in [0.3, 0.4) is 0 Å². The van der Waals surface area contributed by atoms with E-state index in [2.05, 4.69) is 38.2 Å². The molecule has 2 aromatic carbocycles. The topological polar surface area (TPSA) is 64.6 Å². The maximum Gasteiger partial charge on any atom is 0.310 e. The van der Waals surface area contributed by atoms with Gasteiger partial charge in [-0.3, -0.25) is 9.59 Å². The third-order valence-corrected chi connectivity index (χ3v) is 6.86. The highest BCUT2D eigenvalue weighted by Crippen LogP contribution is 2.57. The molecule has 2 aromatic rings. The van der Waals surface area contributed by atoms with Gasteiger partial charge >= 0.3 is 5.97 Å². The molecular formula is C25H27NO4. The predicted molar refractivity (Wildman–Crippen MR) is 113 cm³/mol. The molecule has 156 valence electrons. The SMILES string of the molecule is CC(C)(C)c1ccc(Oc2ccc(NC(=O)[C@@H]3[C@@H]4C[C@@H]5[C@@H]3C(=O)O[C@@H]5C4)cc2)cc1. The van der Waals surface area contributed by atoms with E-state index in [1.807, 2.05) is 36.4 Å². The number of carbonyl (C=O) groups excluding carboxylic acids is 2. The number of benzene rings is 2. The molecule has 1 N–H and O–H groups in total. The minimum absolute atomic E-state index is 0.0467. The van der Waals surface area contributed by atoms with Crippen molar-refractivity contribution in [1.82, 2.24) is 0 Å². The van der Waals surface area contributed by atoms with Crippen LogP contribution in [-0.2, 0) is 19.7 Å². The summed E-state index contributed by atoms with van der Waals surface area (Å²) in [5.74, 6) is 1.19. The van der Waals surface area contributed by atoms with Gasteiger partial charge in [-0.15, -0.1) is 0 Å². The zero-order valence-corrected chi connectivity index (χ0v) is 17.6. The molecule has 1 aliphatic heterocycles. The van der Waals surface area contributed by atoms with Gasteiger partial charge in [-0.1, -0.05) is 32.9 Å². The number of fused-ring (bicyclic) bond motifs is 1. The molecule has 1 saturated heterocycles. The summed E-state index contributed by atoms with van der Waals surface area (Å²) in [5.41, 5.74) is 2.07. The van der Waals surface area contributed by atoms with Crippen molar-refractivity contribution < 1.29 is 19.1 Å². The summed E-state index contributed by atoms with van der Waals surface area (Å²) in [5, 5.41) is 2.98. The fourth-order valence-corrected chi connectivity index (χ4v) is 5.35. The summed E-state index contributed by atoms with van der Waals surface area (Å²) in [6, 6.07) is 15.5. The number of carbonyl (C=O) groups is 2. The average Bonchev–Trinajstić information content (AvgIpc) is 3.32. The minimum Gasteiger partial charge on any atom is -0.462 e. The number of amides is 1. The van der Waals surface area contributed by atoms with Crippen LogP contribution in [0, 0.1) is 23.7 Å². The molecule has 5 heteroatoms. The Morgan fingerprint density at radius 3 is 2.27 bits per heavy atom. The average molecular weight is 405 g/mol. The van der Waals surface area contributed by atoms with Gasteiger partial charge in [0.2, 0.25) is 5.91 Å². The molecule has 2 saturated carbocycles. The lowest BCUT2D eigenvalue weighted by atomic mass is 9.79. The maximum absolute atomic E-state index is 12.9. The number of esters is 1. The quantitative estimate of drug-likeness (QED) is 0.734. The highest BCUT2D eigenvalue weighted by Gasteiger charge is 2.63. The fraction of sp³-hybridized carbons (Fsp3) is 0.440. The van der Waals surface area contributed by atoms with Crippen molar-refractivity contribution >= 4 is 17.6 Å². The van der Waals surface area contributed by atoms with E-state index in [0.29, 0.717) is 11.4 Å². The second-order valence-corrected chi connectivity index (χ2v) is 9.81. The highest BCUT2D eigenvalue weighted by atomic mass is 16.6. The Morgan fingerprint density at radius 1 is 1.00 bits per heavy atom. The molecule has 5 nitrogen and oxygen atoms in total. The van der Waals surface area contributed by atoms with Crippen LogP contribution < -0.4 is 10.1 Å². The summed E-state index contributed by atoms with van der Waals surface area (Å²) in [7, 11) is 0. The molecule has 0 radical (unpaired) electrons. The Hall–Kier alpha value is -2.82. The summed E-state index contributed by atoms with van der Waals surface area (Å²) in [4.78, 5) is 25.0. The number of hydrogen-bond acceptors (Lipinski definition) is 4. The Bertz CT molecular complexity index is 972. The highest BCUT2D eigenvalue weighted by molar-refractivity contribution is 5.97. The van der Waals surface area contributed by atoms with Crippen molar-refractivity contribution in [2.75, 3.05) is 5.32 Å². The third kappa shape index (κ3) is 3.26. The summed E-state index contributed by atoms with van der Waals surface area (Å²) < 4.78 is 11.4. The van der Waals surface area contributed by atoms with Gasteiger partial charge in [-0.2, -0.15) is 0 Å². The predicted octanol–water partition coefficient (Wildman–Crippen LogP) is 4.91. The number of ether oxygens (including phenoxy) is 2. The molecule has 30 heavy (non-hydrogen) atoms. The van der Waals surface area contributed by atoms with Gasteiger partial charge < -0.3 is 14.8 Å². The maximum atomic E-state index is 12.9. The Kier molecular flexibility index (Phi) is 4.38. The first kappa shape index (κ1) is 19.2. The van der Waals surface area contributed by atoms with Gasteiger partial charge in [-0.05, 0) is 66.1 Å². The van der Waals surface area contributed by atoms with Crippen LogP contribution in [-0.4, -0.2) is 18.0 Å². The first-order chi connectivity index (χ1) is 14.3. The monoisotopic (exact) mass is 405 g/mol. The third-order valence-electron chi connectivity index (χ3n) is 6.86. The van der Waals surface area contributed by atoms with E-state index in [1.54, 1.807) is 0 Å². The van der Waals surface area contributed by atoms with E-state index in [4.69, 9.17) is 9.47 Å². The number of anilines is 1. The molecule has 2 bridgehead atoms. The number of hydrogen-bond donors (Lipinski definition) is 1. The van der Waals surface area contributed by atoms with Crippen molar-refractivity contribution in [3.63, 3.8) is 0 Å². The second kappa shape index (κ2) is 6.86. The smallest absolute Gasteiger partial charge is 0.310 e. The molecule has 5 rings (SSSR count). The normalized spacial score (nSPS) is 29.0. The van der Waals surface area contributed by atoms with E-state index in [0.717, 1.165) is 18.6 Å². The molecule has 3 fully saturated rings. The van der Waals surface area contributed by atoms with Gasteiger partial charge in [0.1, 0.15) is 17.6 Å². The zero-order valence-electron chi connectivity index (χ0n) is 17.6. The van der Waals surface area contributed by atoms with Crippen molar-refractivity contribution in [1.29, 1.82) is 0 Å². The van der Waals surface area contributed by atoms with Crippen LogP contribution in [0.1, 0.15) is 39.2 Å². The minimum atomic E-state index is -0.265. The molecular weight excluding hydrogens is 378 g/mol. The van der Waals surface area contributed by atoms with Gasteiger partial charge in [0.05, 0.1) is 11.8 Å². The molecule has 3 aliphatic rings. The molecule has 1 heterocycles. The zero-order chi connectivity index (χ0) is 21.0. The summed E-state index contributed by atoms with van der Waals surface area (Å²) in [6.07, 6.45) is 1.80. The van der Waals surface area contributed by atoms with E-state index < -0.39 is 0 Å². The second-order valence-electron chi connectivity index (χ2n) is 9.81. The van der Waals surface area contributed by atoms with Crippen LogP contribution in [0.25, 0.3) is 0 Å². The van der Waals surface area contributed by atoms with Gasteiger partial charge in [-0.25, -0.2) is 0 Å². The fourth-order valence-electron chi connectivity index (χ4n) is 5.35. The summed E-state index contributed by atoms with van der Waals surface area (Å²) in [6.45, 7) is 6.54. The number of nitrogens with one attached hydrogen (secondary N) is 1. The van der Waals surface area contributed by atoms with Crippen LogP contribution in [0.4, 0.5) is 5.69 Å². The molecule has 2 aliphatic carbocycles. The van der Waals surface area contributed by atoms with Crippen molar-refractivity contribution in [2.24, 2.45) is 23.7 Å². The van der Waals surface area contributed by atoms with Crippen LogP contribution >= 0.6 is 0 Å². The lowest BCUT2D eigenvalue weighted by molar-refractivity contribution is -0.145. The molecule has 0 unspecified atom stereocenters. The summed E-state index contributed by atoms with van der Waals surface area (Å²) >= 11 is 0. The number of rotatable bonds is 4. The molecule has 0 spiro atoms. The largest absolute Gasteiger partial charge is 0.462 e. The Balaban J connectivity index is 1.22. The molecule has 1 amide bonds. The lowest BCUT2D eigenvalue weighted by Gasteiger charge is -2.23. The van der Waals surface area contributed by atoms with Gasteiger partial charge in [0.25, 0.3) is 0 Å². The van der Waals surface area contributed by atoms with Gasteiger partial charge in [0.15, 0.2) is 0 Å². The van der Waals surface area contributed by atoms with E-state index >= 15 is 0 Å². The first-order valence-electron chi connectivity index (χ1n) is 10.7. The van der Waals surface area contributed by atoms with Crippen LogP contribution in [0.15, 0.2) is 48.5 Å². The Morgan fingerprint density at radius 2 is 1.63 bits per heavy atom.